The number of hydrazone groups is 1. The van der Waals surface area contributed by atoms with Gasteiger partial charge < -0.3 is 9.47 Å². The zero-order valence-electron chi connectivity index (χ0n) is 17.2. The molecule has 1 N–H and O–H groups in total. The van der Waals surface area contributed by atoms with Gasteiger partial charge in [0.05, 0.1) is 19.8 Å². The van der Waals surface area contributed by atoms with Crippen molar-refractivity contribution in [1.82, 2.24) is 5.01 Å². The number of thioether (sulfide) groups is 2. The lowest BCUT2D eigenvalue weighted by molar-refractivity contribution is -0.114. The fourth-order valence-corrected chi connectivity index (χ4v) is 4.46. The molecule has 2 heterocycles. The Kier molecular flexibility index (Phi) is 6.15. The van der Waals surface area contributed by atoms with Crippen molar-refractivity contribution in [3.8, 4) is 11.5 Å². The standard InChI is InChI=1S/C22H20N4O3S2/c1-28-17-9-6-14(11-18(17)29-2)12-19-25-26-20(23)16(21(27)24-22(26)31-19)10-13-4-7-15(30-3)8-5-13/h4-11,23H,12H2,1-3H3. The van der Waals surface area contributed by atoms with E-state index in [-0.39, 0.29) is 11.4 Å². The number of hydrogen-bond acceptors (Lipinski definition) is 7. The largest absolute Gasteiger partial charge is 0.493 e. The van der Waals surface area contributed by atoms with Crippen LogP contribution in [-0.2, 0) is 11.2 Å². The van der Waals surface area contributed by atoms with Gasteiger partial charge in [-0.25, -0.2) is 0 Å². The molecule has 7 nitrogen and oxygen atoms in total. The molecule has 1 amide bonds. The lowest BCUT2D eigenvalue weighted by Crippen LogP contribution is -2.35. The van der Waals surface area contributed by atoms with Crippen molar-refractivity contribution >= 4 is 51.6 Å². The van der Waals surface area contributed by atoms with E-state index in [4.69, 9.17) is 14.9 Å². The summed E-state index contributed by atoms with van der Waals surface area (Å²) in [4.78, 5) is 17.9. The molecule has 0 bridgehead atoms. The number of carbonyl (C=O) groups is 1. The molecule has 0 spiro atoms. The van der Waals surface area contributed by atoms with Crippen LogP contribution in [0.2, 0.25) is 0 Å². The van der Waals surface area contributed by atoms with Crippen LogP contribution in [0.3, 0.4) is 0 Å². The highest BCUT2D eigenvalue weighted by Crippen LogP contribution is 2.32. The molecule has 0 saturated carbocycles. The molecule has 0 radical (unpaired) electrons. The maximum absolute atomic E-state index is 12.6. The van der Waals surface area contributed by atoms with E-state index in [1.807, 2.05) is 48.7 Å². The molecule has 0 fully saturated rings. The van der Waals surface area contributed by atoms with Crippen molar-refractivity contribution in [1.29, 1.82) is 5.41 Å². The van der Waals surface area contributed by atoms with Gasteiger partial charge in [0.15, 0.2) is 17.3 Å². The Hall–Kier alpha value is -3.04. The van der Waals surface area contributed by atoms with Gasteiger partial charge in [-0.05, 0) is 59.5 Å². The van der Waals surface area contributed by atoms with Gasteiger partial charge in [0, 0.05) is 11.3 Å². The molecule has 2 aliphatic rings. The molecule has 158 valence electrons. The highest BCUT2D eigenvalue weighted by Gasteiger charge is 2.35. The molecule has 31 heavy (non-hydrogen) atoms. The number of benzene rings is 2. The van der Waals surface area contributed by atoms with Crippen LogP contribution in [0.15, 0.2) is 63.0 Å². The van der Waals surface area contributed by atoms with Crippen LogP contribution in [0.25, 0.3) is 6.08 Å². The van der Waals surface area contributed by atoms with Crippen LogP contribution < -0.4 is 9.47 Å². The highest BCUT2D eigenvalue weighted by atomic mass is 32.2. The number of fused-ring (bicyclic) bond motifs is 1. The number of aliphatic imine (C=N–C) groups is 1. The van der Waals surface area contributed by atoms with E-state index >= 15 is 0 Å². The third-order valence-corrected chi connectivity index (χ3v) is 6.38. The smallest absolute Gasteiger partial charge is 0.283 e. The number of amides is 1. The SMILES string of the molecule is COc1ccc(CC2=NN3C(=N)C(=Cc4ccc(SC)cc4)C(=O)N=C3S2)cc1OC. The van der Waals surface area contributed by atoms with Crippen LogP contribution in [0.5, 0.6) is 11.5 Å². The van der Waals surface area contributed by atoms with E-state index in [0.29, 0.717) is 23.1 Å². The first-order valence-corrected chi connectivity index (χ1v) is 11.4. The van der Waals surface area contributed by atoms with Crippen LogP contribution in [0.4, 0.5) is 0 Å². The quantitative estimate of drug-likeness (QED) is 0.520. The fraction of sp³-hybridized carbons (Fsp3) is 0.182. The fourth-order valence-electron chi connectivity index (χ4n) is 3.14. The topological polar surface area (TPSA) is 87.3 Å². The van der Waals surface area contributed by atoms with Gasteiger partial charge in [-0.1, -0.05) is 18.2 Å². The monoisotopic (exact) mass is 452 g/mol. The molecule has 0 aliphatic carbocycles. The van der Waals surface area contributed by atoms with Gasteiger partial charge in [0.1, 0.15) is 5.04 Å². The van der Waals surface area contributed by atoms with Gasteiger partial charge in [-0.3, -0.25) is 10.2 Å². The average molecular weight is 453 g/mol. The number of nitrogens with zero attached hydrogens (tertiary/aromatic N) is 3. The minimum absolute atomic E-state index is 0.0266. The first-order chi connectivity index (χ1) is 15.0. The second-order valence-electron chi connectivity index (χ2n) is 6.65. The molecule has 0 atom stereocenters. The van der Waals surface area contributed by atoms with Gasteiger partial charge in [-0.2, -0.15) is 15.1 Å². The Labute approximate surface area is 188 Å². The molecule has 4 rings (SSSR count). The van der Waals surface area contributed by atoms with Crippen molar-refractivity contribution in [3.63, 3.8) is 0 Å². The summed E-state index contributed by atoms with van der Waals surface area (Å²) in [6.07, 6.45) is 4.21. The van der Waals surface area contributed by atoms with Gasteiger partial charge in [-0.15, -0.1) is 11.8 Å². The van der Waals surface area contributed by atoms with Crippen LogP contribution in [0, 0.1) is 5.41 Å². The number of carbonyl (C=O) groups excluding carboxylic acids is 1. The Bertz CT molecular complexity index is 1140. The number of methoxy groups -OCH3 is 2. The normalized spacial score (nSPS) is 16.9. The van der Waals surface area contributed by atoms with Crippen LogP contribution in [-0.4, -0.2) is 47.4 Å². The van der Waals surface area contributed by atoms with E-state index in [2.05, 4.69) is 10.1 Å². The summed E-state index contributed by atoms with van der Waals surface area (Å²) in [5.41, 5.74) is 2.04. The van der Waals surface area contributed by atoms with Gasteiger partial charge >= 0.3 is 0 Å². The number of rotatable bonds is 6. The lowest BCUT2D eigenvalue weighted by Gasteiger charge is -2.20. The maximum atomic E-state index is 12.6. The summed E-state index contributed by atoms with van der Waals surface area (Å²) in [5.74, 6) is 0.889. The zero-order chi connectivity index (χ0) is 22.0. The van der Waals surface area contributed by atoms with Crippen LogP contribution in [0.1, 0.15) is 11.1 Å². The van der Waals surface area contributed by atoms with Gasteiger partial charge in [0.25, 0.3) is 5.91 Å². The molecule has 2 aromatic rings. The minimum atomic E-state index is -0.430. The predicted molar refractivity (Wildman–Crippen MR) is 126 cm³/mol. The Morgan fingerprint density at radius 3 is 2.55 bits per heavy atom. The number of ether oxygens (including phenoxy) is 2. The third kappa shape index (κ3) is 4.38. The molecule has 0 aromatic heterocycles. The molecule has 9 heteroatoms. The van der Waals surface area contributed by atoms with Crippen molar-refractivity contribution in [2.75, 3.05) is 20.5 Å². The summed E-state index contributed by atoms with van der Waals surface area (Å²) < 4.78 is 10.6. The van der Waals surface area contributed by atoms with Crippen molar-refractivity contribution in [2.45, 2.75) is 11.3 Å². The number of nitrogens with one attached hydrogen (secondary N) is 1. The molecule has 0 saturated heterocycles. The Morgan fingerprint density at radius 1 is 1.13 bits per heavy atom. The summed E-state index contributed by atoms with van der Waals surface area (Å²) >= 11 is 2.94. The lowest BCUT2D eigenvalue weighted by atomic mass is 10.1. The third-order valence-electron chi connectivity index (χ3n) is 4.73. The van der Waals surface area contributed by atoms with E-state index in [0.717, 1.165) is 21.1 Å². The average Bonchev–Trinajstić information content (AvgIpc) is 3.19. The minimum Gasteiger partial charge on any atom is -0.493 e. The van der Waals surface area contributed by atoms with E-state index in [1.165, 1.54) is 16.8 Å². The van der Waals surface area contributed by atoms with Gasteiger partial charge in [0.2, 0.25) is 5.17 Å². The Morgan fingerprint density at radius 2 is 1.87 bits per heavy atom. The highest BCUT2D eigenvalue weighted by molar-refractivity contribution is 8.26. The maximum Gasteiger partial charge on any atom is 0.283 e. The zero-order valence-corrected chi connectivity index (χ0v) is 18.8. The first-order valence-electron chi connectivity index (χ1n) is 9.36. The van der Waals surface area contributed by atoms with Crippen molar-refractivity contribution < 1.29 is 14.3 Å². The summed E-state index contributed by atoms with van der Waals surface area (Å²) in [6, 6.07) is 13.5. The van der Waals surface area contributed by atoms with E-state index < -0.39 is 5.91 Å². The number of hydrogen-bond donors (Lipinski definition) is 1. The summed E-state index contributed by atoms with van der Waals surface area (Å²) in [6.45, 7) is 0. The van der Waals surface area contributed by atoms with Crippen molar-refractivity contribution in [3.05, 3.63) is 59.2 Å². The van der Waals surface area contributed by atoms with Crippen molar-refractivity contribution in [2.24, 2.45) is 10.1 Å². The summed E-state index contributed by atoms with van der Waals surface area (Å²) in [5, 5.41) is 15.6. The molecule has 2 aromatic carbocycles. The van der Waals surface area contributed by atoms with E-state index in [1.54, 1.807) is 32.1 Å². The molecular formula is C22H20N4O3S2. The van der Waals surface area contributed by atoms with E-state index in [9.17, 15) is 4.79 Å². The molecule has 2 aliphatic heterocycles. The molecule has 0 unspecified atom stereocenters. The van der Waals surface area contributed by atoms with Crippen LogP contribution >= 0.6 is 23.5 Å². The predicted octanol–water partition coefficient (Wildman–Crippen LogP) is 4.29. The number of amidine groups is 2. The second-order valence-corrected chi connectivity index (χ2v) is 8.57. The Balaban J connectivity index is 1.56. The second kappa shape index (κ2) is 8.99. The molecular weight excluding hydrogens is 432 g/mol. The summed E-state index contributed by atoms with van der Waals surface area (Å²) in [7, 11) is 3.18. The first kappa shape index (κ1) is 21.2.